The summed E-state index contributed by atoms with van der Waals surface area (Å²) in [6, 6.07) is 10.4. The van der Waals surface area contributed by atoms with Crippen molar-refractivity contribution in [3.63, 3.8) is 0 Å². The van der Waals surface area contributed by atoms with Gasteiger partial charge in [0.1, 0.15) is 0 Å². The summed E-state index contributed by atoms with van der Waals surface area (Å²) in [5.74, 6) is 1.60. The Morgan fingerprint density at radius 2 is 1.97 bits per heavy atom. The quantitative estimate of drug-likeness (QED) is 0.280. The molecule has 0 saturated carbocycles. The van der Waals surface area contributed by atoms with Gasteiger partial charge in [-0.3, -0.25) is 0 Å². The zero-order chi connectivity index (χ0) is 25.5. The number of halogens is 1. The second kappa shape index (κ2) is 11.6. The largest absolute Gasteiger partial charge is 0.493 e. The maximum atomic E-state index is 10.8. The molecule has 188 valence electrons. The van der Waals surface area contributed by atoms with E-state index in [0.29, 0.717) is 55.3 Å². The van der Waals surface area contributed by atoms with Crippen LogP contribution in [0.25, 0.3) is 0 Å². The molecule has 2 heterocycles. The van der Waals surface area contributed by atoms with Crippen LogP contribution in [0.2, 0.25) is 0 Å². The summed E-state index contributed by atoms with van der Waals surface area (Å²) >= 11 is 3.57. The minimum atomic E-state index is -0.758. The van der Waals surface area contributed by atoms with Crippen molar-refractivity contribution in [3.05, 3.63) is 52.0 Å². The Balaban J connectivity index is 1.63. The van der Waals surface area contributed by atoms with Gasteiger partial charge in [0.2, 0.25) is 11.9 Å². The van der Waals surface area contributed by atoms with E-state index in [9.17, 15) is 4.79 Å². The van der Waals surface area contributed by atoms with Crippen molar-refractivity contribution in [1.82, 2.24) is 20.4 Å². The van der Waals surface area contributed by atoms with Crippen LogP contribution in [0.5, 0.6) is 17.5 Å². The fraction of sp³-hybridized carbons (Fsp3) is 0.261. The van der Waals surface area contributed by atoms with Crippen LogP contribution in [-0.2, 0) is 4.74 Å². The topological polar surface area (TPSA) is 149 Å². The first-order valence-corrected chi connectivity index (χ1v) is 11.8. The smallest absolute Gasteiger partial charge is 0.332 e. The van der Waals surface area contributed by atoms with Gasteiger partial charge in [-0.1, -0.05) is 6.07 Å². The van der Waals surface area contributed by atoms with Gasteiger partial charge in [0.05, 0.1) is 32.2 Å². The van der Waals surface area contributed by atoms with E-state index in [1.165, 1.54) is 13.3 Å². The second-order valence-corrected chi connectivity index (χ2v) is 8.55. The minimum Gasteiger partial charge on any atom is -0.493 e. The van der Waals surface area contributed by atoms with Crippen LogP contribution in [0.3, 0.4) is 0 Å². The van der Waals surface area contributed by atoms with E-state index < -0.39 is 6.03 Å². The van der Waals surface area contributed by atoms with Gasteiger partial charge in [0.15, 0.2) is 11.5 Å². The molecule has 2 amide bonds. The Kier molecular flexibility index (Phi) is 8.13. The number of nitrogens with zero attached hydrogens (tertiary/aromatic N) is 5. The zero-order valence-corrected chi connectivity index (χ0v) is 21.3. The van der Waals surface area contributed by atoms with Crippen LogP contribution >= 0.6 is 15.9 Å². The highest BCUT2D eigenvalue weighted by atomic mass is 79.9. The number of primary amides is 1. The molecule has 1 aliphatic heterocycles. The van der Waals surface area contributed by atoms with Gasteiger partial charge in [-0.15, -0.1) is 0 Å². The number of anilines is 3. The van der Waals surface area contributed by atoms with E-state index in [-0.39, 0.29) is 6.01 Å². The molecule has 0 aliphatic carbocycles. The number of hydrogen-bond donors (Lipinski definition) is 3. The van der Waals surface area contributed by atoms with Crippen LogP contribution in [-0.4, -0.2) is 60.6 Å². The molecule has 3 aromatic rings. The van der Waals surface area contributed by atoms with E-state index in [2.05, 4.69) is 46.7 Å². The van der Waals surface area contributed by atoms with Crippen LogP contribution in [0.15, 0.2) is 46.0 Å². The molecular weight excluding hydrogens is 532 g/mol. The molecule has 0 bridgehead atoms. The monoisotopic (exact) mass is 556 g/mol. The highest BCUT2D eigenvalue weighted by molar-refractivity contribution is 9.10. The number of nitrogens with two attached hydrogens (primary N) is 1. The first-order valence-electron chi connectivity index (χ1n) is 11.0. The molecule has 1 aromatic heterocycles. The van der Waals surface area contributed by atoms with Crippen molar-refractivity contribution in [1.29, 1.82) is 0 Å². The lowest BCUT2D eigenvalue weighted by Gasteiger charge is -2.27. The number of methoxy groups -OCH3 is 1. The van der Waals surface area contributed by atoms with Crippen LogP contribution in [0, 0.1) is 6.92 Å². The van der Waals surface area contributed by atoms with Crippen molar-refractivity contribution in [2.24, 2.45) is 10.8 Å². The molecule has 1 aliphatic rings. The number of rotatable bonds is 8. The number of hydrogen-bond acceptors (Lipinski definition) is 10. The number of hydrazone groups is 1. The Bertz CT molecular complexity index is 1270. The molecule has 13 heteroatoms. The minimum absolute atomic E-state index is 0.0901. The predicted octanol–water partition coefficient (Wildman–Crippen LogP) is 3.33. The number of morpholine rings is 1. The van der Waals surface area contributed by atoms with Crippen molar-refractivity contribution >= 4 is 45.8 Å². The van der Waals surface area contributed by atoms with Crippen LogP contribution in [0.4, 0.5) is 22.4 Å². The molecule has 2 aromatic carbocycles. The Hall–Kier alpha value is -3.97. The van der Waals surface area contributed by atoms with Gasteiger partial charge in [0, 0.05) is 17.6 Å². The average molecular weight is 557 g/mol. The molecule has 36 heavy (non-hydrogen) atoms. The van der Waals surface area contributed by atoms with E-state index in [0.717, 1.165) is 15.7 Å². The van der Waals surface area contributed by atoms with E-state index in [4.69, 9.17) is 19.9 Å². The summed E-state index contributed by atoms with van der Waals surface area (Å²) in [4.78, 5) is 26.4. The van der Waals surface area contributed by atoms with Crippen LogP contribution in [0.1, 0.15) is 11.1 Å². The van der Waals surface area contributed by atoms with E-state index in [1.807, 2.05) is 30.0 Å². The standard InChI is InChI=1S/C23H25BrN8O4/c1-14-3-5-17(16(24)11-14)27-21-28-22(32-7-9-35-10-8-32)30-23(29-21)36-18-6-4-15(12-19(18)34-2)13-26-31-20(25)33/h3-6,11-13H,7-10H2,1-2H3,(H3,25,31,33)(H,27,28,29,30)/b26-13+. The SMILES string of the molecule is COc1cc(/C=N/NC(N)=O)ccc1Oc1nc(Nc2ccc(C)cc2Br)nc(N2CCOCC2)n1. The summed E-state index contributed by atoms with van der Waals surface area (Å²) in [5, 5.41) is 6.99. The molecule has 0 spiro atoms. The lowest BCUT2D eigenvalue weighted by atomic mass is 10.2. The number of benzene rings is 2. The number of aromatic nitrogens is 3. The van der Waals surface area contributed by atoms with Crippen molar-refractivity contribution in [2.45, 2.75) is 6.92 Å². The number of amides is 2. The normalized spacial score (nSPS) is 13.5. The first kappa shape index (κ1) is 25.1. The highest BCUT2D eigenvalue weighted by Gasteiger charge is 2.19. The van der Waals surface area contributed by atoms with Crippen LogP contribution < -0.4 is 30.8 Å². The average Bonchev–Trinajstić information content (AvgIpc) is 2.87. The van der Waals surface area contributed by atoms with E-state index >= 15 is 0 Å². The fourth-order valence-corrected chi connectivity index (χ4v) is 3.90. The zero-order valence-electron chi connectivity index (χ0n) is 19.7. The second-order valence-electron chi connectivity index (χ2n) is 7.70. The number of carbonyl (C=O) groups excluding carboxylic acids is 1. The third kappa shape index (κ3) is 6.58. The summed E-state index contributed by atoms with van der Waals surface area (Å²) in [6.07, 6.45) is 1.43. The molecule has 0 unspecified atom stereocenters. The van der Waals surface area contributed by atoms with Gasteiger partial charge in [-0.2, -0.15) is 20.1 Å². The number of urea groups is 1. The molecule has 1 saturated heterocycles. The number of aryl methyl sites for hydroxylation is 1. The molecule has 4 N–H and O–H groups in total. The molecule has 1 fully saturated rings. The van der Waals surface area contributed by atoms with Gasteiger partial charge >= 0.3 is 12.0 Å². The molecule has 0 atom stereocenters. The van der Waals surface area contributed by atoms with Gasteiger partial charge in [0.25, 0.3) is 0 Å². The molecule has 0 radical (unpaired) electrons. The first-order chi connectivity index (χ1) is 17.4. The van der Waals surface area contributed by atoms with Crippen molar-refractivity contribution < 1.29 is 19.0 Å². The number of carbonyl (C=O) groups is 1. The van der Waals surface area contributed by atoms with Crippen molar-refractivity contribution in [2.75, 3.05) is 43.6 Å². The Labute approximate surface area is 216 Å². The number of nitrogens with one attached hydrogen (secondary N) is 2. The maximum Gasteiger partial charge on any atom is 0.332 e. The highest BCUT2D eigenvalue weighted by Crippen LogP contribution is 2.32. The summed E-state index contributed by atoms with van der Waals surface area (Å²) < 4.78 is 17.8. The molecule has 12 nitrogen and oxygen atoms in total. The summed E-state index contributed by atoms with van der Waals surface area (Å²) in [7, 11) is 1.51. The van der Waals surface area contributed by atoms with Gasteiger partial charge < -0.3 is 30.2 Å². The van der Waals surface area contributed by atoms with Gasteiger partial charge in [-0.25, -0.2) is 10.2 Å². The predicted molar refractivity (Wildman–Crippen MR) is 138 cm³/mol. The summed E-state index contributed by atoms with van der Waals surface area (Å²) in [5.41, 5.74) is 9.74. The van der Waals surface area contributed by atoms with E-state index in [1.54, 1.807) is 18.2 Å². The molecule has 4 rings (SSSR count). The van der Waals surface area contributed by atoms with Gasteiger partial charge in [-0.05, 0) is 64.3 Å². The third-order valence-electron chi connectivity index (χ3n) is 5.05. The lowest BCUT2D eigenvalue weighted by molar-refractivity contribution is 0.122. The maximum absolute atomic E-state index is 10.8. The Morgan fingerprint density at radius 3 is 2.69 bits per heavy atom. The Morgan fingerprint density at radius 1 is 1.17 bits per heavy atom. The van der Waals surface area contributed by atoms with Crippen molar-refractivity contribution in [3.8, 4) is 17.5 Å². The third-order valence-corrected chi connectivity index (χ3v) is 5.70. The lowest BCUT2D eigenvalue weighted by Crippen LogP contribution is -2.37. The summed E-state index contributed by atoms with van der Waals surface area (Å²) in [6.45, 7) is 4.46. The number of ether oxygens (including phenoxy) is 3. The fourth-order valence-electron chi connectivity index (χ4n) is 3.31. The molecular formula is C23H25BrN8O4.